The first-order chi connectivity index (χ1) is 12.1. The van der Waals surface area contributed by atoms with E-state index in [1.165, 1.54) is 12.3 Å². The molecule has 0 saturated heterocycles. The van der Waals surface area contributed by atoms with Crippen LogP contribution in [0.3, 0.4) is 0 Å². The van der Waals surface area contributed by atoms with Crippen molar-refractivity contribution in [2.75, 3.05) is 59.9 Å². The summed E-state index contributed by atoms with van der Waals surface area (Å²) in [5.74, 6) is 0.200. The van der Waals surface area contributed by atoms with E-state index in [0.717, 1.165) is 4.49 Å². The Morgan fingerprint density at radius 3 is 2.20 bits per heavy atom. The molecule has 9 heteroatoms. The molecule has 2 rings (SSSR count). The fourth-order valence-electron chi connectivity index (χ4n) is 2.25. The lowest BCUT2D eigenvalue weighted by Crippen LogP contribution is -2.50. The molecule has 1 aliphatic heterocycles. The first kappa shape index (κ1) is 19.8. The third-order valence-electron chi connectivity index (χ3n) is 3.55. The van der Waals surface area contributed by atoms with Gasteiger partial charge in [-0.2, -0.15) is 0 Å². The second-order valence-corrected chi connectivity index (χ2v) is 5.41. The van der Waals surface area contributed by atoms with E-state index in [4.69, 9.17) is 23.6 Å². The van der Waals surface area contributed by atoms with Crippen LogP contribution >= 0.6 is 0 Å². The van der Waals surface area contributed by atoms with Gasteiger partial charge in [0.25, 0.3) is 0 Å². The number of hydrogen-bond donors (Lipinski definition) is 0. The number of halogens is 2. The molecule has 0 bridgehead atoms. The van der Waals surface area contributed by atoms with E-state index in [9.17, 15) is 8.63 Å². The third-order valence-corrected chi connectivity index (χ3v) is 3.55. The molecule has 25 heavy (non-hydrogen) atoms. The Kier molecular flexibility index (Phi) is 8.26. The number of rotatable bonds is 12. The van der Waals surface area contributed by atoms with E-state index < -0.39 is 7.04 Å². The summed E-state index contributed by atoms with van der Waals surface area (Å²) >= 11 is 0. The lowest BCUT2D eigenvalue weighted by atomic mass is 10.00. The predicted octanol–water partition coefficient (Wildman–Crippen LogP) is 1.58. The predicted molar refractivity (Wildman–Crippen MR) is 89.7 cm³/mol. The summed E-state index contributed by atoms with van der Waals surface area (Å²) in [5.41, 5.74) is 0.632. The number of hydrogen-bond acceptors (Lipinski definition) is 5. The molecule has 0 atom stereocenters. The molecule has 1 aliphatic rings. The van der Waals surface area contributed by atoms with Crippen LogP contribution in [0.25, 0.3) is 0 Å². The summed E-state index contributed by atoms with van der Waals surface area (Å²) < 4.78 is 54.4. The van der Waals surface area contributed by atoms with Gasteiger partial charge in [0.2, 0.25) is 0 Å². The van der Waals surface area contributed by atoms with Gasteiger partial charge in [0.1, 0.15) is 19.4 Å². The minimum atomic E-state index is -4.08. The maximum absolute atomic E-state index is 14.0. The van der Waals surface area contributed by atoms with Crippen LogP contribution in [0.1, 0.15) is 5.56 Å². The van der Waals surface area contributed by atoms with Crippen molar-refractivity contribution in [2.24, 2.45) is 0 Å². The van der Waals surface area contributed by atoms with Gasteiger partial charge < -0.3 is 36.7 Å². The molecule has 0 fully saturated rings. The minimum Gasteiger partial charge on any atom is -0.599 e. The summed E-state index contributed by atoms with van der Waals surface area (Å²) in [6.07, 6.45) is 1.41. The zero-order valence-corrected chi connectivity index (χ0v) is 14.4. The lowest BCUT2D eigenvalue weighted by Gasteiger charge is -2.28. The smallest absolute Gasteiger partial charge is 0.599 e. The maximum Gasteiger partial charge on any atom is 0.828 e. The summed E-state index contributed by atoms with van der Waals surface area (Å²) in [4.78, 5) is 0. The molecule has 0 saturated carbocycles. The minimum absolute atomic E-state index is 0.0431. The van der Waals surface area contributed by atoms with Gasteiger partial charge in [-0.05, 0) is 12.1 Å². The molecule has 0 radical (unpaired) electrons. The summed E-state index contributed by atoms with van der Waals surface area (Å²) in [7, 11) is -2.47. The summed E-state index contributed by atoms with van der Waals surface area (Å²) in [6.45, 7) is 2.95. The van der Waals surface area contributed by atoms with Gasteiger partial charge in [-0.25, -0.2) is 0 Å². The monoisotopic (exact) mass is 359 g/mol. The van der Waals surface area contributed by atoms with Crippen LogP contribution in [-0.4, -0.2) is 77.6 Å². The molecule has 6 nitrogen and oxygen atoms in total. The van der Waals surface area contributed by atoms with Crippen molar-refractivity contribution >= 4 is 13.3 Å². The molecule has 0 spiro atoms. The summed E-state index contributed by atoms with van der Waals surface area (Å²) in [6, 6.07) is 6.71. The van der Waals surface area contributed by atoms with Gasteiger partial charge in [0.15, 0.2) is 0 Å². The molecular formula is C16H24BF2NO5. The normalized spacial score (nSPS) is 15.4. The van der Waals surface area contributed by atoms with Crippen LogP contribution in [0.15, 0.2) is 24.3 Å². The van der Waals surface area contributed by atoms with Crippen LogP contribution in [0.4, 0.5) is 8.63 Å². The molecule has 1 heterocycles. The molecule has 0 N–H and O–H groups in total. The standard InChI is InChI=1S/C16H24BF2NO5/c1-21-8-9-23-12-13-24-11-10-22-7-6-20-14-15-4-2-3-5-16(15)25-17(20,18)19/h2-5,14H,6-13H2,1H3. The average molecular weight is 359 g/mol. The van der Waals surface area contributed by atoms with Crippen molar-refractivity contribution < 1.29 is 36.7 Å². The average Bonchev–Trinajstić information content (AvgIpc) is 2.59. The number of fused-ring (bicyclic) bond motifs is 1. The van der Waals surface area contributed by atoms with Crippen molar-refractivity contribution in [2.45, 2.75) is 0 Å². The second kappa shape index (κ2) is 10.4. The Hall–Kier alpha value is -1.55. The van der Waals surface area contributed by atoms with Crippen LogP contribution < -0.4 is 4.65 Å². The Balaban J connectivity index is 1.59. The van der Waals surface area contributed by atoms with Crippen LogP contribution in [-0.2, 0) is 18.9 Å². The van der Waals surface area contributed by atoms with Crippen molar-refractivity contribution in [3.8, 4) is 5.75 Å². The van der Waals surface area contributed by atoms with Gasteiger partial charge in [0, 0.05) is 7.11 Å². The number of methoxy groups -OCH3 is 1. The Morgan fingerprint density at radius 1 is 0.920 bits per heavy atom. The third kappa shape index (κ3) is 6.70. The molecule has 0 aromatic heterocycles. The van der Waals surface area contributed by atoms with Gasteiger partial charge >= 0.3 is 7.04 Å². The summed E-state index contributed by atoms with van der Waals surface area (Å²) in [5, 5.41) is 0. The van der Waals surface area contributed by atoms with E-state index in [1.807, 2.05) is 0 Å². The number of para-hydroxylation sites is 1. The molecule has 0 unspecified atom stereocenters. The van der Waals surface area contributed by atoms with E-state index >= 15 is 0 Å². The van der Waals surface area contributed by atoms with Gasteiger partial charge in [0.05, 0.1) is 51.0 Å². The van der Waals surface area contributed by atoms with E-state index in [2.05, 4.69) is 0 Å². The Labute approximate surface area is 146 Å². The quantitative estimate of drug-likeness (QED) is 0.419. The molecular weight excluding hydrogens is 335 g/mol. The molecule has 0 amide bonds. The largest absolute Gasteiger partial charge is 0.828 e. The zero-order valence-electron chi connectivity index (χ0n) is 14.4. The molecule has 1 aromatic rings. The Bertz CT molecular complexity index is 559. The van der Waals surface area contributed by atoms with Crippen molar-refractivity contribution in [3.63, 3.8) is 0 Å². The van der Waals surface area contributed by atoms with Crippen LogP contribution in [0.2, 0.25) is 0 Å². The highest BCUT2D eigenvalue weighted by molar-refractivity contribution is 6.52. The van der Waals surface area contributed by atoms with E-state index in [0.29, 0.717) is 45.2 Å². The van der Waals surface area contributed by atoms with Gasteiger partial charge in [-0.1, -0.05) is 12.1 Å². The number of ether oxygens (including phenoxy) is 4. The second-order valence-electron chi connectivity index (χ2n) is 5.41. The number of benzene rings is 1. The highest BCUT2D eigenvalue weighted by Crippen LogP contribution is 2.26. The molecule has 140 valence electrons. The first-order valence-electron chi connectivity index (χ1n) is 8.25. The maximum atomic E-state index is 14.0. The fraction of sp³-hybridized carbons (Fsp3) is 0.562. The van der Waals surface area contributed by atoms with Crippen molar-refractivity contribution in [3.05, 3.63) is 29.8 Å². The van der Waals surface area contributed by atoms with Gasteiger partial charge in [-0.15, -0.1) is 0 Å². The first-order valence-corrected chi connectivity index (χ1v) is 8.25. The van der Waals surface area contributed by atoms with Crippen molar-refractivity contribution in [1.29, 1.82) is 0 Å². The van der Waals surface area contributed by atoms with Crippen LogP contribution in [0.5, 0.6) is 5.75 Å². The Morgan fingerprint density at radius 2 is 1.52 bits per heavy atom. The topological polar surface area (TPSA) is 49.2 Å². The number of nitrogens with zero attached hydrogens (tertiary/aromatic N) is 1. The van der Waals surface area contributed by atoms with Crippen LogP contribution in [0, 0.1) is 0 Å². The van der Waals surface area contributed by atoms with E-state index in [1.54, 1.807) is 25.3 Å². The van der Waals surface area contributed by atoms with Crippen molar-refractivity contribution in [1.82, 2.24) is 0 Å². The zero-order chi connectivity index (χ0) is 18.0. The SMILES string of the molecule is COCCOCCOCCOCC[N+]1=Cc2ccccc2O[B-]1(F)F. The lowest BCUT2D eigenvalue weighted by molar-refractivity contribution is -0.439. The molecule has 1 aromatic carbocycles. The highest BCUT2D eigenvalue weighted by atomic mass is 19.3. The molecule has 0 aliphatic carbocycles. The van der Waals surface area contributed by atoms with E-state index in [-0.39, 0.29) is 18.9 Å². The highest BCUT2D eigenvalue weighted by Gasteiger charge is 2.48. The van der Waals surface area contributed by atoms with Gasteiger partial charge in [-0.3, -0.25) is 0 Å². The fourth-order valence-corrected chi connectivity index (χ4v) is 2.25.